The van der Waals surface area contributed by atoms with Gasteiger partial charge in [0.2, 0.25) is 5.82 Å². The summed E-state index contributed by atoms with van der Waals surface area (Å²) in [6.45, 7) is 0.501. The molecule has 0 unspecified atom stereocenters. The summed E-state index contributed by atoms with van der Waals surface area (Å²) in [5.41, 5.74) is 3.76. The van der Waals surface area contributed by atoms with Gasteiger partial charge in [0, 0.05) is 22.4 Å². The summed E-state index contributed by atoms with van der Waals surface area (Å²) in [5.74, 6) is 8.26. The fraction of sp³-hybridized carbons (Fsp3) is 0.250. The molecule has 0 aliphatic heterocycles. The van der Waals surface area contributed by atoms with Crippen LogP contribution in [0.1, 0.15) is 47.0 Å². The van der Waals surface area contributed by atoms with Gasteiger partial charge < -0.3 is 4.74 Å². The van der Waals surface area contributed by atoms with Crippen molar-refractivity contribution in [2.45, 2.75) is 31.7 Å². The number of rotatable bonds is 5. The highest BCUT2D eigenvalue weighted by atomic mass is 35.5. The molecule has 0 bridgehead atoms. The molecule has 1 aliphatic carbocycles. The molecule has 5 rings (SSSR count). The standard InChI is InChI=1S/C24H20ClN5OS/c1-31-19-9-5-17(6-10-19)14-30-28-24(27-29-30)20-13-16(7-11-21(20)25)8-12-23-26-22(15-32-23)18-3-2-4-18/h5-7,9-11,13,15,18H,2-4,14H2,1H3. The summed E-state index contributed by atoms with van der Waals surface area (Å²) in [7, 11) is 1.64. The predicted octanol–water partition coefficient (Wildman–Crippen LogP) is 5.17. The number of benzene rings is 2. The van der Waals surface area contributed by atoms with Gasteiger partial charge in [0.05, 0.1) is 24.4 Å². The average Bonchev–Trinajstić information content (AvgIpc) is 3.42. The molecule has 0 spiro atoms. The van der Waals surface area contributed by atoms with Crippen LogP contribution in [-0.2, 0) is 6.54 Å². The normalized spacial score (nSPS) is 13.3. The van der Waals surface area contributed by atoms with Crippen LogP contribution in [0.2, 0.25) is 5.02 Å². The third kappa shape index (κ3) is 4.52. The highest BCUT2D eigenvalue weighted by molar-refractivity contribution is 7.10. The summed E-state index contributed by atoms with van der Waals surface area (Å²) < 4.78 is 5.19. The molecule has 0 amide bonds. The number of aromatic nitrogens is 5. The first kappa shape index (κ1) is 20.7. The van der Waals surface area contributed by atoms with Gasteiger partial charge in [0.15, 0.2) is 5.01 Å². The van der Waals surface area contributed by atoms with Gasteiger partial charge >= 0.3 is 0 Å². The number of nitrogens with zero attached hydrogens (tertiary/aromatic N) is 5. The van der Waals surface area contributed by atoms with Gasteiger partial charge in [-0.25, -0.2) is 4.98 Å². The molecule has 2 heterocycles. The van der Waals surface area contributed by atoms with Crippen LogP contribution in [0.25, 0.3) is 11.4 Å². The molecule has 32 heavy (non-hydrogen) atoms. The van der Waals surface area contributed by atoms with E-state index in [4.69, 9.17) is 16.3 Å². The van der Waals surface area contributed by atoms with E-state index < -0.39 is 0 Å². The van der Waals surface area contributed by atoms with Crippen molar-refractivity contribution in [2.75, 3.05) is 7.11 Å². The topological polar surface area (TPSA) is 65.7 Å². The van der Waals surface area contributed by atoms with Crippen molar-refractivity contribution in [1.29, 1.82) is 0 Å². The van der Waals surface area contributed by atoms with Gasteiger partial charge in [-0.3, -0.25) is 0 Å². The maximum Gasteiger partial charge on any atom is 0.206 e. The SMILES string of the molecule is COc1ccc(Cn2nnc(-c3cc(C#Cc4nc(C5CCC5)cs4)ccc3Cl)n2)cc1. The first-order valence-corrected chi connectivity index (χ1v) is 11.6. The molecule has 1 aliphatic rings. The monoisotopic (exact) mass is 461 g/mol. The van der Waals surface area contributed by atoms with E-state index in [2.05, 4.69) is 37.6 Å². The highest BCUT2D eigenvalue weighted by Gasteiger charge is 2.21. The number of hydrogen-bond donors (Lipinski definition) is 0. The van der Waals surface area contributed by atoms with Crippen molar-refractivity contribution >= 4 is 22.9 Å². The Bertz CT molecular complexity index is 1300. The van der Waals surface area contributed by atoms with Crippen molar-refractivity contribution in [3.8, 4) is 29.0 Å². The highest BCUT2D eigenvalue weighted by Crippen LogP contribution is 2.36. The molecule has 0 saturated heterocycles. The van der Waals surface area contributed by atoms with Crippen molar-refractivity contribution in [1.82, 2.24) is 25.2 Å². The number of halogens is 1. The molecule has 4 aromatic rings. The van der Waals surface area contributed by atoms with E-state index in [9.17, 15) is 0 Å². The maximum absolute atomic E-state index is 6.42. The smallest absolute Gasteiger partial charge is 0.206 e. The van der Waals surface area contributed by atoms with Crippen LogP contribution in [0.4, 0.5) is 0 Å². The van der Waals surface area contributed by atoms with E-state index in [1.807, 2.05) is 42.5 Å². The van der Waals surface area contributed by atoms with Gasteiger partial charge in [-0.2, -0.15) is 4.80 Å². The van der Waals surface area contributed by atoms with E-state index in [0.717, 1.165) is 21.9 Å². The summed E-state index contributed by atoms with van der Waals surface area (Å²) in [6.07, 6.45) is 3.78. The first-order chi connectivity index (χ1) is 15.7. The second-order valence-corrected chi connectivity index (χ2v) is 8.91. The van der Waals surface area contributed by atoms with Crippen molar-refractivity contribution < 1.29 is 4.74 Å². The molecular weight excluding hydrogens is 442 g/mol. The number of hydrogen-bond acceptors (Lipinski definition) is 6. The molecule has 1 saturated carbocycles. The fourth-order valence-electron chi connectivity index (χ4n) is 3.45. The zero-order valence-corrected chi connectivity index (χ0v) is 19.0. The van der Waals surface area contributed by atoms with Gasteiger partial charge in [0.25, 0.3) is 0 Å². The molecule has 2 aromatic carbocycles. The minimum atomic E-state index is 0.466. The van der Waals surface area contributed by atoms with Crippen LogP contribution in [-0.4, -0.2) is 32.3 Å². The van der Waals surface area contributed by atoms with Crippen LogP contribution < -0.4 is 4.74 Å². The Morgan fingerprint density at radius 3 is 2.75 bits per heavy atom. The number of tetrazole rings is 1. The lowest BCUT2D eigenvalue weighted by Gasteiger charge is -2.22. The summed E-state index contributed by atoms with van der Waals surface area (Å²) >= 11 is 8.02. The van der Waals surface area contributed by atoms with Crippen LogP contribution in [0.3, 0.4) is 0 Å². The second-order valence-electron chi connectivity index (χ2n) is 7.64. The molecule has 1 fully saturated rings. The van der Waals surface area contributed by atoms with Crippen molar-refractivity contribution in [3.63, 3.8) is 0 Å². The van der Waals surface area contributed by atoms with Gasteiger partial charge in [0.1, 0.15) is 5.75 Å². The lowest BCUT2D eigenvalue weighted by Crippen LogP contribution is -2.08. The minimum Gasteiger partial charge on any atom is -0.497 e. The fourth-order valence-corrected chi connectivity index (χ4v) is 4.40. The Labute approximate surface area is 195 Å². The number of ether oxygens (including phenoxy) is 1. The number of methoxy groups -OCH3 is 1. The largest absolute Gasteiger partial charge is 0.497 e. The average molecular weight is 462 g/mol. The molecule has 0 radical (unpaired) electrons. The first-order valence-electron chi connectivity index (χ1n) is 10.4. The lowest BCUT2D eigenvalue weighted by atomic mass is 9.83. The molecule has 0 atom stereocenters. The van der Waals surface area contributed by atoms with Crippen LogP contribution in [0, 0.1) is 11.8 Å². The Balaban J connectivity index is 1.33. The summed E-state index contributed by atoms with van der Waals surface area (Å²) in [5, 5.41) is 16.4. The minimum absolute atomic E-state index is 0.466. The zero-order chi connectivity index (χ0) is 21.9. The molecule has 0 N–H and O–H groups in total. The van der Waals surface area contributed by atoms with Crippen LogP contribution in [0.5, 0.6) is 5.75 Å². The van der Waals surface area contributed by atoms with Crippen molar-refractivity contribution in [2.24, 2.45) is 0 Å². The van der Waals surface area contributed by atoms with Gasteiger partial charge in [-0.1, -0.05) is 36.1 Å². The Hall–Kier alpha value is -3.21. The predicted molar refractivity (Wildman–Crippen MR) is 125 cm³/mol. The molecular formula is C24H20ClN5OS. The van der Waals surface area contributed by atoms with Crippen molar-refractivity contribution in [3.05, 3.63) is 74.7 Å². The summed E-state index contributed by atoms with van der Waals surface area (Å²) in [6, 6.07) is 13.4. The molecule has 8 heteroatoms. The summed E-state index contributed by atoms with van der Waals surface area (Å²) in [4.78, 5) is 6.22. The Kier molecular flexibility index (Phi) is 5.89. The molecule has 160 valence electrons. The third-order valence-corrected chi connectivity index (χ3v) is 6.61. The van der Waals surface area contributed by atoms with E-state index in [0.29, 0.717) is 28.9 Å². The zero-order valence-electron chi connectivity index (χ0n) is 17.5. The Morgan fingerprint density at radius 1 is 1.16 bits per heavy atom. The molecule has 6 nitrogen and oxygen atoms in total. The second kappa shape index (κ2) is 9.11. The van der Waals surface area contributed by atoms with E-state index >= 15 is 0 Å². The number of thiazole rings is 1. The quantitative estimate of drug-likeness (QED) is 0.383. The molecule has 2 aromatic heterocycles. The van der Waals surface area contributed by atoms with E-state index in [1.165, 1.54) is 25.0 Å². The van der Waals surface area contributed by atoms with E-state index in [1.54, 1.807) is 23.2 Å². The van der Waals surface area contributed by atoms with E-state index in [-0.39, 0.29) is 0 Å². The van der Waals surface area contributed by atoms with Crippen LogP contribution in [0.15, 0.2) is 47.8 Å². The Morgan fingerprint density at radius 2 is 2.00 bits per heavy atom. The van der Waals surface area contributed by atoms with Gasteiger partial charge in [-0.05, 0) is 59.9 Å². The third-order valence-electron chi connectivity index (χ3n) is 5.50. The van der Waals surface area contributed by atoms with Crippen LogP contribution >= 0.6 is 22.9 Å². The van der Waals surface area contributed by atoms with Gasteiger partial charge in [-0.15, -0.1) is 21.5 Å². The maximum atomic E-state index is 6.42. The lowest BCUT2D eigenvalue weighted by molar-refractivity contribution is 0.412.